The number of thiazole rings is 1. The van der Waals surface area contributed by atoms with Crippen molar-refractivity contribution in [2.24, 2.45) is 11.3 Å². The van der Waals surface area contributed by atoms with Crippen LogP contribution in [0.2, 0.25) is 0 Å². The molecule has 1 spiro atoms. The van der Waals surface area contributed by atoms with E-state index in [0.29, 0.717) is 17.2 Å². The molecule has 0 radical (unpaired) electrons. The quantitative estimate of drug-likeness (QED) is 0.797. The Labute approximate surface area is 171 Å². The van der Waals surface area contributed by atoms with Crippen molar-refractivity contribution in [3.8, 4) is 0 Å². The van der Waals surface area contributed by atoms with Crippen molar-refractivity contribution >= 4 is 27.5 Å². The number of fused-ring (bicyclic) bond motifs is 1. The fraction of sp³-hybridized carbons (Fsp3) is 0.636. The van der Waals surface area contributed by atoms with Crippen LogP contribution >= 0.6 is 11.3 Å². The van der Waals surface area contributed by atoms with Gasteiger partial charge in [-0.05, 0) is 69.9 Å². The number of likely N-dealkylation sites (tertiary alicyclic amines) is 1. The number of para-hydroxylation sites is 1. The van der Waals surface area contributed by atoms with Crippen molar-refractivity contribution in [2.45, 2.75) is 32.2 Å². The Bertz CT molecular complexity index is 824. The van der Waals surface area contributed by atoms with Gasteiger partial charge in [0.1, 0.15) is 5.01 Å². The first-order valence-corrected chi connectivity index (χ1v) is 11.5. The molecule has 0 bridgehead atoms. The van der Waals surface area contributed by atoms with Gasteiger partial charge in [-0.15, -0.1) is 11.3 Å². The van der Waals surface area contributed by atoms with Crippen LogP contribution < -0.4 is 0 Å². The van der Waals surface area contributed by atoms with Crippen LogP contribution in [0.25, 0.3) is 10.2 Å². The number of hydrogen-bond acceptors (Lipinski definition) is 5. The molecule has 150 valence electrons. The summed E-state index contributed by atoms with van der Waals surface area (Å²) in [6, 6.07) is 8.40. The SMILES string of the molecule is CN1CCCN(C(=O)[C@H]2CC23CCN(Cc2nc4ccccc4s2)CC3)CC1. The molecule has 28 heavy (non-hydrogen) atoms. The Morgan fingerprint density at radius 1 is 1.14 bits per heavy atom. The van der Waals surface area contributed by atoms with Crippen molar-refractivity contribution in [2.75, 3.05) is 46.3 Å². The molecule has 1 aromatic heterocycles. The number of carbonyl (C=O) groups excluding carboxylic acids is 1. The molecule has 1 aliphatic carbocycles. The molecule has 1 atom stereocenters. The number of likely N-dealkylation sites (N-methyl/N-ethyl adjacent to an activating group) is 1. The lowest BCUT2D eigenvalue weighted by atomic mass is 9.90. The van der Waals surface area contributed by atoms with Gasteiger partial charge >= 0.3 is 0 Å². The lowest BCUT2D eigenvalue weighted by Gasteiger charge is -2.33. The summed E-state index contributed by atoms with van der Waals surface area (Å²) >= 11 is 1.82. The minimum absolute atomic E-state index is 0.292. The van der Waals surface area contributed by atoms with E-state index in [1.54, 1.807) is 0 Å². The van der Waals surface area contributed by atoms with E-state index in [4.69, 9.17) is 4.98 Å². The van der Waals surface area contributed by atoms with Gasteiger partial charge in [0.15, 0.2) is 0 Å². The fourth-order valence-electron chi connectivity index (χ4n) is 5.07. The molecular formula is C22H30N4OS. The summed E-state index contributed by atoms with van der Waals surface area (Å²) in [6.45, 7) is 7.13. The average molecular weight is 399 g/mol. The van der Waals surface area contributed by atoms with Crippen LogP contribution in [0.3, 0.4) is 0 Å². The number of piperidine rings is 1. The second-order valence-electron chi connectivity index (χ2n) is 8.95. The Kier molecular flexibility index (Phi) is 4.89. The lowest BCUT2D eigenvalue weighted by molar-refractivity contribution is -0.133. The molecule has 5 rings (SSSR count). The molecule has 1 amide bonds. The van der Waals surface area contributed by atoms with E-state index < -0.39 is 0 Å². The molecule has 0 N–H and O–H groups in total. The van der Waals surface area contributed by atoms with Crippen LogP contribution in [0.15, 0.2) is 24.3 Å². The van der Waals surface area contributed by atoms with Gasteiger partial charge < -0.3 is 9.80 Å². The summed E-state index contributed by atoms with van der Waals surface area (Å²) in [5.41, 5.74) is 1.42. The number of aromatic nitrogens is 1. The number of amides is 1. The Morgan fingerprint density at radius 2 is 1.96 bits per heavy atom. The van der Waals surface area contributed by atoms with Gasteiger partial charge in [0.25, 0.3) is 0 Å². The average Bonchev–Trinajstić information content (AvgIpc) is 3.32. The molecule has 3 fully saturated rings. The molecule has 3 heterocycles. The van der Waals surface area contributed by atoms with Crippen LogP contribution in [0.1, 0.15) is 30.7 Å². The van der Waals surface area contributed by atoms with Crippen molar-refractivity contribution in [3.63, 3.8) is 0 Å². The highest BCUT2D eigenvalue weighted by molar-refractivity contribution is 7.18. The summed E-state index contributed by atoms with van der Waals surface area (Å²) < 4.78 is 1.28. The van der Waals surface area contributed by atoms with Crippen molar-refractivity contribution in [3.05, 3.63) is 29.3 Å². The van der Waals surface area contributed by atoms with Gasteiger partial charge in [-0.3, -0.25) is 9.69 Å². The topological polar surface area (TPSA) is 39.7 Å². The third-order valence-electron chi connectivity index (χ3n) is 7.07. The van der Waals surface area contributed by atoms with Crippen molar-refractivity contribution in [1.82, 2.24) is 19.7 Å². The maximum atomic E-state index is 13.1. The van der Waals surface area contributed by atoms with Gasteiger partial charge in [-0.2, -0.15) is 0 Å². The molecule has 0 unspecified atom stereocenters. The molecule has 5 nitrogen and oxygen atoms in total. The fourth-order valence-corrected chi connectivity index (χ4v) is 6.08. The van der Waals surface area contributed by atoms with Gasteiger partial charge in [0.2, 0.25) is 5.91 Å². The van der Waals surface area contributed by atoms with Crippen LogP contribution in [0, 0.1) is 11.3 Å². The minimum Gasteiger partial charge on any atom is -0.341 e. The predicted molar refractivity (Wildman–Crippen MR) is 113 cm³/mol. The molecule has 6 heteroatoms. The first kappa shape index (κ1) is 18.5. The van der Waals surface area contributed by atoms with Crippen molar-refractivity contribution < 1.29 is 4.79 Å². The maximum absolute atomic E-state index is 13.1. The maximum Gasteiger partial charge on any atom is 0.226 e. The Hall–Kier alpha value is -1.50. The number of rotatable bonds is 3. The summed E-state index contributed by atoms with van der Waals surface area (Å²) in [4.78, 5) is 24.9. The van der Waals surface area contributed by atoms with E-state index in [2.05, 4.69) is 46.0 Å². The third-order valence-corrected chi connectivity index (χ3v) is 8.09. The molecular weight excluding hydrogens is 368 g/mol. The zero-order chi connectivity index (χ0) is 19.1. The van der Waals surface area contributed by atoms with E-state index in [1.807, 2.05) is 11.3 Å². The number of carbonyl (C=O) groups is 1. The molecule has 2 aromatic rings. The molecule has 3 aliphatic rings. The van der Waals surface area contributed by atoms with Gasteiger partial charge in [0.05, 0.1) is 16.8 Å². The number of hydrogen-bond donors (Lipinski definition) is 0. The summed E-state index contributed by atoms with van der Waals surface area (Å²) in [6.07, 6.45) is 4.56. The minimum atomic E-state index is 0.292. The first-order valence-electron chi connectivity index (χ1n) is 10.7. The van der Waals surface area contributed by atoms with E-state index in [1.165, 1.54) is 22.5 Å². The van der Waals surface area contributed by atoms with Crippen LogP contribution in [-0.4, -0.2) is 71.9 Å². The van der Waals surface area contributed by atoms with E-state index in [9.17, 15) is 4.79 Å². The Morgan fingerprint density at radius 3 is 2.79 bits per heavy atom. The Balaban J connectivity index is 1.15. The lowest BCUT2D eigenvalue weighted by Crippen LogP contribution is -2.39. The van der Waals surface area contributed by atoms with Crippen LogP contribution in [-0.2, 0) is 11.3 Å². The standard InChI is InChI=1S/C22H30N4OS/c1-24-9-4-10-26(14-13-24)21(27)17-15-22(17)7-11-25(12-8-22)16-20-23-18-5-2-3-6-19(18)28-20/h2-3,5-6,17H,4,7-16H2,1H3/t17-/m1/s1. The highest BCUT2D eigenvalue weighted by Crippen LogP contribution is 2.60. The van der Waals surface area contributed by atoms with Gasteiger partial charge in [-0.1, -0.05) is 12.1 Å². The van der Waals surface area contributed by atoms with Crippen molar-refractivity contribution in [1.29, 1.82) is 0 Å². The summed E-state index contributed by atoms with van der Waals surface area (Å²) in [5, 5.41) is 1.22. The second-order valence-corrected chi connectivity index (χ2v) is 10.1. The molecule has 1 aromatic carbocycles. The smallest absolute Gasteiger partial charge is 0.226 e. The van der Waals surface area contributed by atoms with E-state index in [0.717, 1.165) is 64.2 Å². The molecule has 1 saturated carbocycles. The van der Waals surface area contributed by atoms with Gasteiger partial charge in [0, 0.05) is 25.6 Å². The monoisotopic (exact) mass is 398 g/mol. The van der Waals surface area contributed by atoms with E-state index >= 15 is 0 Å². The number of benzene rings is 1. The zero-order valence-corrected chi connectivity index (χ0v) is 17.6. The number of nitrogens with zero attached hydrogens (tertiary/aromatic N) is 4. The summed E-state index contributed by atoms with van der Waals surface area (Å²) in [5.74, 6) is 0.732. The summed E-state index contributed by atoms with van der Waals surface area (Å²) in [7, 11) is 2.16. The normalized spacial score (nSPS) is 25.9. The molecule has 2 aliphatic heterocycles. The third kappa shape index (κ3) is 3.58. The highest BCUT2D eigenvalue weighted by Gasteiger charge is 2.59. The van der Waals surface area contributed by atoms with Crippen LogP contribution in [0.4, 0.5) is 0 Å². The highest BCUT2D eigenvalue weighted by atomic mass is 32.1. The first-order chi connectivity index (χ1) is 13.6. The molecule has 2 saturated heterocycles. The largest absolute Gasteiger partial charge is 0.341 e. The predicted octanol–water partition coefficient (Wildman–Crippen LogP) is 3.06. The second kappa shape index (κ2) is 7.39. The zero-order valence-electron chi connectivity index (χ0n) is 16.8. The van der Waals surface area contributed by atoms with Gasteiger partial charge in [-0.25, -0.2) is 4.98 Å². The van der Waals surface area contributed by atoms with Crippen LogP contribution in [0.5, 0.6) is 0 Å². The van der Waals surface area contributed by atoms with E-state index in [-0.39, 0.29) is 0 Å².